The molecule has 0 radical (unpaired) electrons. The molecule has 6 nitrogen and oxygen atoms in total. The van der Waals surface area contributed by atoms with Crippen molar-refractivity contribution in [3.05, 3.63) is 76.7 Å². The zero-order valence-corrected chi connectivity index (χ0v) is 15.5. The lowest BCUT2D eigenvalue weighted by Gasteiger charge is -2.04. The Kier molecular flexibility index (Phi) is 5.70. The van der Waals surface area contributed by atoms with Gasteiger partial charge in [-0.2, -0.15) is 5.10 Å². The smallest absolute Gasteiger partial charge is 0.291 e. The monoisotopic (exact) mass is 410 g/mol. The van der Waals surface area contributed by atoms with Crippen molar-refractivity contribution in [1.29, 1.82) is 0 Å². The Morgan fingerprint density at radius 2 is 1.85 bits per heavy atom. The second-order valence-corrected chi connectivity index (χ2v) is 6.18. The number of carbonyl (C=O) groups is 1. The van der Waals surface area contributed by atoms with E-state index in [2.05, 4.69) is 36.4 Å². The summed E-state index contributed by atoms with van der Waals surface area (Å²) in [6, 6.07) is 14.9. The summed E-state index contributed by atoms with van der Waals surface area (Å²) in [4.78, 5) is 20.6. The third kappa shape index (κ3) is 4.52. The molecule has 0 bridgehead atoms. The molecule has 7 heteroatoms. The molecule has 0 unspecified atom stereocenters. The van der Waals surface area contributed by atoms with Crippen molar-refractivity contribution in [2.75, 3.05) is 7.11 Å². The quantitative estimate of drug-likeness (QED) is 0.514. The van der Waals surface area contributed by atoms with E-state index in [1.165, 1.54) is 6.20 Å². The number of nitrogens with zero attached hydrogens (tertiary/aromatic N) is 3. The Bertz CT molecular complexity index is 925. The minimum atomic E-state index is -0.429. The number of halogens is 1. The number of benzene rings is 2. The lowest BCUT2D eigenvalue weighted by atomic mass is 10.1. The molecule has 130 valence electrons. The maximum atomic E-state index is 12.2. The molecule has 2 aromatic carbocycles. The first-order valence-electron chi connectivity index (χ1n) is 7.71. The van der Waals surface area contributed by atoms with Crippen LogP contribution in [0.5, 0.6) is 5.75 Å². The average Bonchev–Trinajstić information content (AvgIpc) is 2.69. The Morgan fingerprint density at radius 1 is 1.12 bits per heavy atom. The molecule has 0 fully saturated rings. The number of hydrogen-bond donors (Lipinski definition) is 1. The van der Waals surface area contributed by atoms with Crippen molar-refractivity contribution >= 4 is 28.1 Å². The molecular weight excluding hydrogens is 396 g/mol. The molecule has 1 heterocycles. The molecule has 1 N–H and O–H groups in total. The van der Waals surface area contributed by atoms with Gasteiger partial charge in [0.05, 0.1) is 31.4 Å². The highest BCUT2D eigenvalue weighted by atomic mass is 79.9. The molecule has 0 aliphatic rings. The molecule has 0 spiro atoms. The molecule has 0 saturated heterocycles. The van der Waals surface area contributed by atoms with Gasteiger partial charge in [-0.25, -0.2) is 10.4 Å². The van der Waals surface area contributed by atoms with Gasteiger partial charge < -0.3 is 4.74 Å². The normalized spacial score (nSPS) is 10.7. The van der Waals surface area contributed by atoms with E-state index >= 15 is 0 Å². The van der Waals surface area contributed by atoms with Crippen molar-refractivity contribution in [3.8, 4) is 17.0 Å². The number of hydrogen-bond acceptors (Lipinski definition) is 5. The van der Waals surface area contributed by atoms with Crippen molar-refractivity contribution in [2.45, 2.75) is 0 Å². The zero-order valence-electron chi connectivity index (χ0n) is 13.9. The number of methoxy groups -OCH3 is 1. The third-order valence-corrected chi connectivity index (χ3v) is 4.03. The van der Waals surface area contributed by atoms with Crippen LogP contribution in [0, 0.1) is 0 Å². The Hall–Kier alpha value is -3.06. The second kappa shape index (κ2) is 8.35. The summed E-state index contributed by atoms with van der Waals surface area (Å²) in [7, 11) is 1.61. The van der Waals surface area contributed by atoms with Crippen LogP contribution in [-0.2, 0) is 0 Å². The Labute approximate surface area is 159 Å². The van der Waals surface area contributed by atoms with Crippen molar-refractivity contribution in [3.63, 3.8) is 0 Å². The standard InChI is InChI=1S/C19H15BrN4O2/c1-26-16-8-4-14(5-9-16)17-11-21-12-18(23-17)19(25)24-22-10-13-2-6-15(20)7-3-13/h2-12H,1H3,(H,24,25). The number of carbonyl (C=O) groups excluding carboxylic acids is 1. The van der Waals surface area contributed by atoms with Gasteiger partial charge in [0.2, 0.25) is 0 Å². The molecule has 0 atom stereocenters. The van der Waals surface area contributed by atoms with Gasteiger partial charge >= 0.3 is 0 Å². The number of amides is 1. The minimum absolute atomic E-state index is 0.186. The highest BCUT2D eigenvalue weighted by molar-refractivity contribution is 9.10. The molecular formula is C19H15BrN4O2. The summed E-state index contributed by atoms with van der Waals surface area (Å²) < 4.78 is 6.11. The molecule has 1 amide bonds. The fraction of sp³-hybridized carbons (Fsp3) is 0.0526. The summed E-state index contributed by atoms with van der Waals surface area (Å²) >= 11 is 3.36. The number of ether oxygens (including phenoxy) is 1. The van der Waals surface area contributed by atoms with E-state index in [9.17, 15) is 4.79 Å². The van der Waals surface area contributed by atoms with Gasteiger partial charge in [0.15, 0.2) is 0 Å². The maximum Gasteiger partial charge on any atom is 0.291 e. The molecule has 1 aromatic heterocycles. The van der Waals surface area contributed by atoms with Gasteiger partial charge in [-0.1, -0.05) is 28.1 Å². The summed E-state index contributed by atoms with van der Waals surface area (Å²) in [5.41, 5.74) is 4.94. The van der Waals surface area contributed by atoms with Gasteiger partial charge in [0.25, 0.3) is 5.91 Å². The zero-order chi connectivity index (χ0) is 18.4. The van der Waals surface area contributed by atoms with E-state index in [-0.39, 0.29) is 5.69 Å². The fourth-order valence-corrected chi connectivity index (χ4v) is 2.41. The number of aromatic nitrogens is 2. The van der Waals surface area contributed by atoms with Crippen LogP contribution < -0.4 is 10.2 Å². The molecule has 3 aromatic rings. The third-order valence-electron chi connectivity index (χ3n) is 3.50. The van der Waals surface area contributed by atoms with Crippen LogP contribution in [-0.4, -0.2) is 29.2 Å². The first kappa shape index (κ1) is 17.8. The van der Waals surface area contributed by atoms with Crippen LogP contribution in [0.1, 0.15) is 16.1 Å². The van der Waals surface area contributed by atoms with E-state index in [0.717, 1.165) is 21.3 Å². The molecule has 0 saturated carbocycles. The van der Waals surface area contributed by atoms with Gasteiger partial charge in [0.1, 0.15) is 11.4 Å². The Morgan fingerprint density at radius 3 is 2.54 bits per heavy atom. The van der Waals surface area contributed by atoms with Crippen LogP contribution in [0.3, 0.4) is 0 Å². The predicted octanol–water partition coefficient (Wildman–Crippen LogP) is 3.68. The number of hydrazone groups is 1. The first-order valence-corrected chi connectivity index (χ1v) is 8.50. The molecule has 3 rings (SSSR count). The highest BCUT2D eigenvalue weighted by Crippen LogP contribution is 2.20. The summed E-state index contributed by atoms with van der Waals surface area (Å²) in [6.45, 7) is 0. The second-order valence-electron chi connectivity index (χ2n) is 5.27. The first-order chi connectivity index (χ1) is 12.7. The van der Waals surface area contributed by atoms with Crippen LogP contribution in [0.15, 0.2) is 70.5 Å². The summed E-state index contributed by atoms with van der Waals surface area (Å²) in [6.07, 6.45) is 4.56. The van der Waals surface area contributed by atoms with Crippen LogP contribution >= 0.6 is 15.9 Å². The van der Waals surface area contributed by atoms with Crippen LogP contribution in [0.25, 0.3) is 11.3 Å². The average molecular weight is 411 g/mol. The van der Waals surface area contributed by atoms with Crippen molar-refractivity contribution in [1.82, 2.24) is 15.4 Å². The number of nitrogens with one attached hydrogen (secondary N) is 1. The predicted molar refractivity (Wildman–Crippen MR) is 103 cm³/mol. The highest BCUT2D eigenvalue weighted by Gasteiger charge is 2.09. The van der Waals surface area contributed by atoms with Crippen LogP contribution in [0.4, 0.5) is 0 Å². The van der Waals surface area contributed by atoms with Gasteiger partial charge in [-0.3, -0.25) is 9.78 Å². The van der Waals surface area contributed by atoms with Crippen molar-refractivity contribution in [2.24, 2.45) is 5.10 Å². The van der Waals surface area contributed by atoms with Gasteiger partial charge in [0, 0.05) is 10.0 Å². The summed E-state index contributed by atoms with van der Waals surface area (Å²) in [5.74, 6) is 0.319. The largest absolute Gasteiger partial charge is 0.497 e. The Balaban J connectivity index is 1.70. The van der Waals surface area contributed by atoms with E-state index in [1.807, 2.05) is 48.5 Å². The SMILES string of the molecule is COc1ccc(-c2cncc(C(=O)NN=Cc3ccc(Br)cc3)n2)cc1. The fourth-order valence-electron chi connectivity index (χ4n) is 2.15. The molecule has 0 aliphatic heterocycles. The maximum absolute atomic E-state index is 12.2. The van der Waals surface area contributed by atoms with E-state index in [4.69, 9.17) is 4.74 Å². The topological polar surface area (TPSA) is 76.5 Å². The lowest BCUT2D eigenvalue weighted by molar-refractivity contribution is 0.0950. The minimum Gasteiger partial charge on any atom is -0.497 e. The van der Waals surface area contributed by atoms with E-state index < -0.39 is 5.91 Å². The van der Waals surface area contributed by atoms with Crippen molar-refractivity contribution < 1.29 is 9.53 Å². The lowest BCUT2D eigenvalue weighted by Crippen LogP contribution is -2.19. The van der Waals surface area contributed by atoms with Crippen LogP contribution in [0.2, 0.25) is 0 Å². The molecule has 26 heavy (non-hydrogen) atoms. The summed E-state index contributed by atoms with van der Waals surface area (Å²) in [5, 5.41) is 3.95. The van der Waals surface area contributed by atoms with Gasteiger partial charge in [-0.05, 0) is 42.0 Å². The number of rotatable bonds is 5. The van der Waals surface area contributed by atoms with E-state index in [0.29, 0.717) is 5.69 Å². The molecule has 0 aliphatic carbocycles. The van der Waals surface area contributed by atoms with E-state index in [1.54, 1.807) is 19.5 Å². The van der Waals surface area contributed by atoms with Gasteiger partial charge in [-0.15, -0.1) is 0 Å².